The van der Waals surface area contributed by atoms with Crippen LogP contribution in [0.1, 0.15) is 17.7 Å². The van der Waals surface area contributed by atoms with Gasteiger partial charge in [-0.3, -0.25) is 9.69 Å². The molecule has 0 bridgehead atoms. The lowest BCUT2D eigenvalue weighted by Gasteiger charge is -2.28. The van der Waals surface area contributed by atoms with E-state index < -0.39 is 0 Å². The number of aromatic amines is 1. The van der Waals surface area contributed by atoms with Gasteiger partial charge in [-0.25, -0.2) is 4.39 Å². The summed E-state index contributed by atoms with van der Waals surface area (Å²) in [5.41, 5.74) is 3.46. The van der Waals surface area contributed by atoms with Gasteiger partial charge in [0.25, 0.3) is 0 Å². The fourth-order valence-electron chi connectivity index (χ4n) is 3.56. The van der Waals surface area contributed by atoms with Gasteiger partial charge in [0.15, 0.2) is 0 Å². The Bertz CT molecular complexity index is 709. The molecule has 2 aliphatic rings. The van der Waals surface area contributed by atoms with Crippen molar-refractivity contribution in [1.29, 1.82) is 0 Å². The van der Waals surface area contributed by atoms with Crippen LogP contribution in [-0.4, -0.2) is 35.4 Å². The topological polar surface area (TPSA) is 48.1 Å². The zero-order valence-electron chi connectivity index (χ0n) is 11.8. The van der Waals surface area contributed by atoms with E-state index in [1.54, 1.807) is 6.07 Å². The maximum absolute atomic E-state index is 13.5. The van der Waals surface area contributed by atoms with Crippen molar-refractivity contribution in [3.05, 3.63) is 35.3 Å². The number of nitrogens with zero attached hydrogens (tertiary/aromatic N) is 1. The van der Waals surface area contributed by atoms with Gasteiger partial charge in [-0.05, 0) is 29.7 Å². The predicted octanol–water partition coefficient (Wildman–Crippen LogP) is 1.80. The Hall–Kier alpha value is -1.88. The van der Waals surface area contributed by atoms with Crippen molar-refractivity contribution in [3.8, 4) is 0 Å². The largest absolute Gasteiger partial charge is 0.358 e. The van der Waals surface area contributed by atoms with Crippen molar-refractivity contribution in [1.82, 2.24) is 15.2 Å². The molecule has 1 amide bonds. The van der Waals surface area contributed by atoms with Crippen LogP contribution in [0.2, 0.25) is 0 Å². The minimum atomic E-state index is -0.188. The van der Waals surface area contributed by atoms with Gasteiger partial charge in [0.2, 0.25) is 5.91 Å². The third kappa shape index (κ3) is 2.31. The van der Waals surface area contributed by atoms with E-state index in [1.807, 2.05) is 6.07 Å². The Morgan fingerprint density at radius 1 is 1.38 bits per heavy atom. The normalized spacial score (nSPS) is 22.5. The molecule has 1 fully saturated rings. The molecule has 110 valence electrons. The number of hydrogen-bond acceptors (Lipinski definition) is 2. The zero-order valence-corrected chi connectivity index (χ0v) is 11.8. The molecule has 2 aromatic rings. The van der Waals surface area contributed by atoms with Gasteiger partial charge in [0, 0.05) is 55.6 Å². The SMILES string of the molecule is O=C1CC(CN2CCc3[nH]c4ccc(F)cc4c3C2)CN1. The lowest BCUT2D eigenvalue weighted by atomic mass is 10.0. The average Bonchev–Trinajstić information content (AvgIpc) is 3.02. The Morgan fingerprint density at radius 2 is 2.29 bits per heavy atom. The number of benzene rings is 1. The summed E-state index contributed by atoms with van der Waals surface area (Å²) in [5.74, 6) is 0.375. The number of aromatic nitrogens is 1. The van der Waals surface area contributed by atoms with E-state index in [4.69, 9.17) is 0 Å². The quantitative estimate of drug-likeness (QED) is 0.885. The highest BCUT2D eigenvalue weighted by molar-refractivity contribution is 5.85. The summed E-state index contributed by atoms with van der Waals surface area (Å²) in [6.45, 7) is 3.54. The van der Waals surface area contributed by atoms with Gasteiger partial charge in [0.1, 0.15) is 5.82 Å². The molecular formula is C16H18FN3O. The van der Waals surface area contributed by atoms with Crippen LogP contribution in [0.15, 0.2) is 18.2 Å². The second-order valence-electron chi connectivity index (χ2n) is 6.13. The van der Waals surface area contributed by atoms with Gasteiger partial charge >= 0.3 is 0 Å². The summed E-state index contributed by atoms with van der Waals surface area (Å²) < 4.78 is 13.5. The lowest BCUT2D eigenvalue weighted by Crippen LogP contribution is -2.35. The Balaban J connectivity index is 1.57. The van der Waals surface area contributed by atoms with Crippen LogP contribution < -0.4 is 5.32 Å². The number of carbonyl (C=O) groups is 1. The summed E-state index contributed by atoms with van der Waals surface area (Å²) in [5, 5.41) is 3.88. The molecule has 1 atom stereocenters. The molecule has 1 unspecified atom stereocenters. The van der Waals surface area contributed by atoms with Crippen LogP contribution in [0, 0.1) is 11.7 Å². The molecule has 4 rings (SSSR count). The molecule has 0 saturated carbocycles. The standard InChI is InChI=1S/C16H18FN3O/c17-11-1-2-14-12(6-11)13-9-20(4-3-15(13)19-14)8-10-5-16(21)18-7-10/h1-2,6,10,19H,3-5,7-9H2,(H,18,21). The maximum atomic E-state index is 13.5. The molecule has 0 spiro atoms. The highest BCUT2D eigenvalue weighted by Gasteiger charge is 2.27. The van der Waals surface area contributed by atoms with Crippen LogP contribution >= 0.6 is 0 Å². The molecule has 3 heterocycles. The number of nitrogens with one attached hydrogen (secondary N) is 2. The molecule has 1 aromatic carbocycles. The van der Waals surface area contributed by atoms with E-state index in [1.165, 1.54) is 17.3 Å². The fourth-order valence-corrected chi connectivity index (χ4v) is 3.56. The van der Waals surface area contributed by atoms with Gasteiger partial charge in [0.05, 0.1) is 0 Å². The van der Waals surface area contributed by atoms with Crippen molar-refractivity contribution in [2.75, 3.05) is 19.6 Å². The molecule has 5 heteroatoms. The Labute approximate surface area is 122 Å². The molecule has 1 saturated heterocycles. The van der Waals surface area contributed by atoms with Crippen molar-refractivity contribution in [3.63, 3.8) is 0 Å². The highest BCUT2D eigenvalue weighted by Crippen LogP contribution is 2.29. The number of halogens is 1. The highest BCUT2D eigenvalue weighted by atomic mass is 19.1. The van der Waals surface area contributed by atoms with E-state index in [9.17, 15) is 9.18 Å². The van der Waals surface area contributed by atoms with E-state index in [2.05, 4.69) is 15.2 Å². The van der Waals surface area contributed by atoms with Crippen LogP contribution in [0.4, 0.5) is 4.39 Å². The van der Waals surface area contributed by atoms with Crippen molar-refractivity contribution < 1.29 is 9.18 Å². The number of hydrogen-bond donors (Lipinski definition) is 2. The monoisotopic (exact) mass is 287 g/mol. The summed E-state index contributed by atoms with van der Waals surface area (Å²) in [4.78, 5) is 17.1. The van der Waals surface area contributed by atoms with Crippen molar-refractivity contribution >= 4 is 16.8 Å². The van der Waals surface area contributed by atoms with E-state index >= 15 is 0 Å². The summed E-state index contributed by atoms with van der Waals surface area (Å²) in [7, 11) is 0. The van der Waals surface area contributed by atoms with Gasteiger partial charge < -0.3 is 10.3 Å². The minimum Gasteiger partial charge on any atom is -0.358 e. The van der Waals surface area contributed by atoms with E-state index in [0.717, 1.165) is 43.5 Å². The molecule has 21 heavy (non-hydrogen) atoms. The maximum Gasteiger partial charge on any atom is 0.220 e. The van der Waals surface area contributed by atoms with Gasteiger partial charge in [-0.15, -0.1) is 0 Å². The first-order chi connectivity index (χ1) is 10.2. The van der Waals surface area contributed by atoms with Crippen molar-refractivity contribution in [2.24, 2.45) is 5.92 Å². The molecule has 2 aliphatic heterocycles. The summed E-state index contributed by atoms with van der Waals surface area (Å²) >= 11 is 0. The zero-order chi connectivity index (χ0) is 14.4. The number of amides is 1. The molecule has 2 N–H and O–H groups in total. The second-order valence-corrected chi connectivity index (χ2v) is 6.13. The average molecular weight is 287 g/mol. The molecule has 4 nitrogen and oxygen atoms in total. The Morgan fingerprint density at radius 3 is 3.10 bits per heavy atom. The summed E-state index contributed by atoms with van der Waals surface area (Å²) in [6.07, 6.45) is 1.59. The fraction of sp³-hybridized carbons (Fsp3) is 0.438. The molecule has 0 radical (unpaired) electrons. The third-order valence-corrected chi connectivity index (χ3v) is 4.59. The first kappa shape index (κ1) is 12.8. The molecule has 0 aliphatic carbocycles. The minimum absolute atomic E-state index is 0.159. The predicted molar refractivity (Wildman–Crippen MR) is 78.4 cm³/mol. The third-order valence-electron chi connectivity index (χ3n) is 4.59. The number of carbonyl (C=O) groups excluding carboxylic acids is 1. The summed E-state index contributed by atoms with van der Waals surface area (Å²) in [6, 6.07) is 4.93. The number of fused-ring (bicyclic) bond motifs is 3. The van der Waals surface area contributed by atoms with Crippen LogP contribution in [-0.2, 0) is 17.8 Å². The van der Waals surface area contributed by atoms with Crippen LogP contribution in [0.5, 0.6) is 0 Å². The van der Waals surface area contributed by atoms with Crippen LogP contribution in [0.25, 0.3) is 10.9 Å². The van der Waals surface area contributed by atoms with E-state index in [-0.39, 0.29) is 11.7 Å². The number of H-pyrrole nitrogens is 1. The first-order valence-electron chi connectivity index (χ1n) is 7.47. The molecular weight excluding hydrogens is 269 g/mol. The number of rotatable bonds is 2. The Kier molecular flexibility index (Phi) is 2.96. The van der Waals surface area contributed by atoms with Gasteiger partial charge in [-0.1, -0.05) is 0 Å². The van der Waals surface area contributed by atoms with Crippen LogP contribution in [0.3, 0.4) is 0 Å². The smallest absolute Gasteiger partial charge is 0.220 e. The first-order valence-corrected chi connectivity index (χ1v) is 7.47. The van der Waals surface area contributed by atoms with Gasteiger partial charge in [-0.2, -0.15) is 0 Å². The molecule has 1 aromatic heterocycles. The lowest BCUT2D eigenvalue weighted by molar-refractivity contribution is -0.119. The second kappa shape index (κ2) is 4.84. The van der Waals surface area contributed by atoms with E-state index in [0.29, 0.717) is 12.3 Å². The van der Waals surface area contributed by atoms with Crippen molar-refractivity contribution in [2.45, 2.75) is 19.4 Å².